The molecule has 0 radical (unpaired) electrons. The van der Waals surface area contributed by atoms with E-state index in [4.69, 9.17) is 21.4 Å². The number of carbonyl (C=O) groups is 1. The van der Waals surface area contributed by atoms with Crippen LogP contribution in [0.3, 0.4) is 0 Å². The number of aliphatic hydroxyl groups is 1. The first-order valence-electron chi connectivity index (χ1n) is 8.89. The third-order valence-electron chi connectivity index (χ3n) is 4.50. The maximum Gasteiger partial charge on any atom is 0.248 e. The van der Waals surface area contributed by atoms with E-state index in [0.717, 1.165) is 0 Å². The molecule has 0 fully saturated rings. The molecule has 1 atom stereocenters. The molecule has 1 amide bonds. The molecule has 3 aromatic rings. The Bertz CT molecular complexity index is 1030. The van der Waals surface area contributed by atoms with Gasteiger partial charge >= 0.3 is 0 Å². The number of phenols is 1. The maximum atomic E-state index is 11.6. The second kappa shape index (κ2) is 8.93. The Morgan fingerprint density at radius 2 is 2.10 bits per heavy atom. The van der Waals surface area contributed by atoms with Crippen LogP contribution in [0.15, 0.2) is 42.7 Å². The Labute approximate surface area is 172 Å². The van der Waals surface area contributed by atoms with Gasteiger partial charge in [-0.05, 0) is 37.3 Å². The third kappa shape index (κ3) is 4.67. The van der Waals surface area contributed by atoms with Gasteiger partial charge in [-0.1, -0.05) is 17.7 Å². The zero-order valence-corrected chi connectivity index (χ0v) is 16.7. The Balaban J connectivity index is 1.88. The van der Waals surface area contributed by atoms with Gasteiger partial charge in [0.25, 0.3) is 0 Å². The van der Waals surface area contributed by atoms with Gasteiger partial charge in [-0.2, -0.15) is 0 Å². The molecule has 1 heterocycles. The lowest BCUT2D eigenvalue weighted by Gasteiger charge is -2.24. The molecule has 0 aliphatic rings. The minimum Gasteiger partial charge on any atom is -0.506 e. The number of carbonyl (C=O) groups excluding carboxylic acids is 1. The molecule has 0 aliphatic carbocycles. The molecule has 1 aromatic heterocycles. The highest BCUT2D eigenvalue weighted by molar-refractivity contribution is 6.32. The van der Waals surface area contributed by atoms with Gasteiger partial charge in [-0.3, -0.25) is 4.79 Å². The molecule has 29 heavy (non-hydrogen) atoms. The average molecular weight is 417 g/mol. The predicted octanol–water partition coefficient (Wildman–Crippen LogP) is 2.95. The number of aromatic nitrogens is 2. The van der Waals surface area contributed by atoms with E-state index < -0.39 is 6.61 Å². The minimum atomic E-state index is -0.549. The van der Waals surface area contributed by atoms with Crippen LogP contribution in [0.25, 0.3) is 10.9 Å². The molecular formula is C20H21ClN4O4. The van der Waals surface area contributed by atoms with Crippen LogP contribution in [-0.4, -0.2) is 57.3 Å². The number of anilines is 2. The molecule has 2 aromatic carbocycles. The van der Waals surface area contributed by atoms with E-state index in [1.165, 1.54) is 17.3 Å². The summed E-state index contributed by atoms with van der Waals surface area (Å²) in [5.41, 5.74) is 1.32. The van der Waals surface area contributed by atoms with Gasteiger partial charge in [0.05, 0.1) is 22.0 Å². The molecule has 3 rings (SSSR count). The van der Waals surface area contributed by atoms with Crippen LogP contribution in [0.1, 0.15) is 6.92 Å². The number of nitrogens with zero attached hydrogens (tertiary/aromatic N) is 3. The van der Waals surface area contributed by atoms with Crippen molar-refractivity contribution in [1.29, 1.82) is 0 Å². The van der Waals surface area contributed by atoms with Crippen molar-refractivity contribution >= 4 is 39.9 Å². The van der Waals surface area contributed by atoms with Crippen molar-refractivity contribution in [1.82, 2.24) is 14.9 Å². The fraction of sp³-hybridized carbons (Fsp3) is 0.250. The monoisotopic (exact) mass is 416 g/mol. The zero-order valence-electron chi connectivity index (χ0n) is 16.0. The molecule has 0 spiro atoms. The molecule has 3 N–H and O–H groups in total. The summed E-state index contributed by atoms with van der Waals surface area (Å²) in [5, 5.41) is 22.7. The summed E-state index contributed by atoms with van der Waals surface area (Å²) in [4.78, 5) is 21.7. The van der Waals surface area contributed by atoms with Crippen molar-refractivity contribution in [3.63, 3.8) is 0 Å². The van der Waals surface area contributed by atoms with E-state index in [0.29, 0.717) is 28.2 Å². The van der Waals surface area contributed by atoms with E-state index in [1.54, 1.807) is 25.2 Å². The fourth-order valence-corrected chi connectivity index (χ4v) is 2.87. The number of aromatic hydroxyl groups is 1. The maximum absolute atomic E-state index is 11.6. The van der Waals surface area contributed by atoms with Crippen molar-refractivity contribution in [3.05, 3.63) is 47.7 Å². The van der Waals surface area contributed by atoms with Crippen molar-refractivity contribution in [3.8, 4) is 11.5 Å². The topological polar surface area (TPSA) is 108 Å². The number of ether oxygens (including phenoxy) is 1. The predicted molar refractivity (Wildman–Crippen MR) is 111 cm³/mol. The fourth-order valence-electron chi connectivity index (χ4n) is 2.69. The number of nitrogens with one attached hydrogen (secondary N) is 1. The third-order valence-corrected chi connectivity index (χ3v) is 4.81. The first-order valence-corrected chi connectivity index (χ1v) is 9.27. The van der Waals surface area contributed by atoms with Gasteiger partial charge in [0.1, 0.15) is 36.9 Å². The molecule has 0 bridgehead atoms. The highest BCUT2D eigenvalue weighted by Crippen LogP contribution is 2.33. The number of hydrogen-bond acceptors (Lipinski definition) is 7. The van der Waals surface area contributed by atoms with Crippen molar-refractivity contribution in [2.24, 2.45) is 0 Å². The Morgan fingerprint density at radius 1 is 1.31 bits per heavy atom. The van der Waals surface area contributed by atoms with E-state index in [2.05, 4.69) is 15.3 Å². The largest absolute Gasteiger partial charge is 0.506 e. The zero-order chi connectivity index (χ0) is 21.0. The lowest BCUT2D eigenvalue weighted by Crippen LogP contribution is -2.40. The number of benzene rings is 2. The Kier molecular flexibility index (Phi) is 6.36. The molecule has 152 valence electrons. The van der Waals surface area contributed by atoms with Crippen LogP contribution in [0.4, 0.5) is 11.5 Å². The molecular weight excluding hydrogens is 396 g/mol. The van der Waals surface area contributed by atoms with Crippen LogP contribution < -0.4 is 10.1 Å². The number of amides is 1. The van der Waals surface area contributed by atoms with Crippen molar-refractivity contribution in [2.45, 2.75) is 13.0 Å². The van der Waals surface area contributed by atoms with Gasteiger partial charge in [0.15, 0.2) is 0 Å². The highest BCUT2D eigenvalue weighted by atomic mass is 35.5. The molecule has 0 unspecified atom stereocenters. The van der Waals surface area contributed by atoms with Gasteiger partial charge in [0, 0.05) is 12.7 Å². The lowest BCUT2D eigenvalue weighted by molar-refractivity contribution is -0.135. The van der Waals surface area contributed by atoms with Crippen LogP contribution in [0, 0.1) is 0 Å². The normalized spacial score (nSPS) is 11.9. The molecule has 9 heteroatoms. The number of hydrogen-bond donors (Lipinski definition) is 3. The van der Waals surface area contributed by atoms with E-state index in [-0.39, 0.29) is 29.3 Å². The summed E-state index contributed by atoms with van der Waals surface area (Å²) < 4.78 is 5.96. The number of phenolic OH excluding ortho intramolecular Hbond substituents is 1. The van der Waals surface area contributed by atoms with Crippen LogP contribution in [0.2, 0.25) is 5.02 Å². The minimum absolute atomic E-state index is 0.00989. The van der Waals surface area contributed by atoms with Gasteiger partial charge in [-0.15, -0.1) is 0 Å². The first kappa shape index (κ1) is 20.6. The second-order valence-corrected chi connectivity index (χ2v) is 6.89. The first-order chi connectivity index (χ1) is 13.9. The summed E-state index contributed by atoms with van der Waals surface area (Å²) in [6, 6.07) is 9.95. The smallest absolute Gasteiger partial charge is 0.248 e. The molecule has 0 aliphatic heterocycles. The van der Waals surface area contributed by atoms with Crippen molar-refractivity contribution in [2.75, 3.05) is 25.6 Å². The second-order valence-electron chi connectivity index (χ2n) is 6.49. The number of likely N-dealkylation sites (N-methyl/N-ethyl adjacent to an activating group) is 1. The van der Waals surface area contributed by atoms with Crippen LogP contribution >= 0.6 is 11.6 Å². The SMILES string of the molecule is C[C@@H](COc1cccc2ncnc(Nc3ccc(O)c(Cl)c3)c12)N(C)C(=O)CO. The Hall–Kier alpha value is -3.10. The summed E-state index contributed by atoms with van der Waals surface area (Å²) >= 11 is 5.98. The summed E-state index contributed by atoms with van der Waals surface area (Å²) in [6.07, 6.45) is 1.44. The van der Waals surface area contributed by atoms with Gasteiger partial charge in [0.2, 0.25) is 5.91 Å². The van der Waals surface area contributed by atoms with Crippen LogP contribution in [-0.2, 0) is 4.79 Å². The number of aliphatic hydroxyl groups excluding tert-OH is 1. The van der Waals surface area contributed by atoms with Crippen molar-refractivity contribution < 1.29 is 19.7 Å². The Morgan fingerprint density at radius 3 is 2.83 bits per heavy atom. The van der Waals surface area contributed by atoms with E-state index in [9.17, 15) is 9.90 Å². The van der Waals surface area contributed by atoms with E-state index in [1.807, 2.05) is 19.1 Å². The summed E-state index contributed by atoms with van der Waals surface area (Å²) in [5.74, 6) is 0.671. The molecule has 0 saturated heterocycles. The standard InChI is InChI=1S/C20H21ClN4O4/c1-12(25(2)18(28)9-26)10-29-17-5-3-4-15-19(17)20(23-11-22-15)24-13-6-7-16(27)14(21)8-13/h3-8,11-12,26-27H,9-10H2,1-2H3,(H,22,23,24)/t12-/m0/s1. The highest BCUT2D eigenvalue weighted by Gasteiger charge is 2.17. The lowest BCUT2D eigenvalue weighted by atomic mass is 10.2. The molecule has 0 saturated carbocycles. The van der Waals surface area contributed by atoms with Gasteiger partial charge < -0.3 is 25.2 Å². The van der Waals surface area contributed by atoms with Crippen LogP contribution in [0.5, 0.6) is 11.5 Å². The summed E-state index contributed by atoms with van der Waals surface area (Å²) in [7, 11) is 1.61. The number of rotatable bonds is 7. The summed E-state index contributed by atoms with van der Waals surface area (Å²) in [6.45, 7) is 1.50. The quantitative estimate of drug-likeness (QED) is 0.508. The number of fused-ring (bicyclic) bond motifs is 1. The molecule has 8 nitrogen and oxygen atoms in total. The average Bonchev–Trinajstić information content (AvgIpc) is 2.73. The number of halogens is 1. The van der Waals surface area contributed by atoms with E-state index >= 15 is 0 Å². The van der Waals surface area contributed by atoms with Gasteiger partial charge in [-0.25, -0.2) is 9.97 Å².